The van der Waals surface area contributed by atoms with Crippen LogP contribution in [0.25, 0.3) is 0 Å². The number of fused-ring (bicyclic) bond motifs is 1. The Hall–Kier alpha value is -3.33. The predicted octanol–water partition coefficient (Wildman–Crippen LogP) is 5.40. The lowest BCUT2D eigenvalue weighted by molar-refractivity contribution is -0.137. The topological polar surface area (TPSA) is 97.7 Å². The minimum atomic E-state index is -0.573. The molecule has 0 saturated carbocycles. The molecule has 0 atom stereocenters. The molecular formula is C30H40ClN3O6. The molecule has 10 heteroatoms. The third kappa shape index (κ3) is 9.11. The van der Waals surface area contributed by atoms with Crippen molar-refractivity contribution in [2.24, 2.45) is 5.16 Å². The van der Waals surface area contributed by atoms with E-state index in [-0.39, 0.29) is 31.6 Å². The maximum atomic E-state index is 13.0. The Morgan fingerprint density at radius 3 is 2.35 bits per heavy atom. The monoisotopic (exact) mass is 573 g/mol. The quantitative estimate of drug-likeness (QED) is 0.273. The maximum Gasteiger partial charge on any atom is 0.410 e. The van der Waals surface area contributed by atoms with Gasteiger partial charge in [-0.3, -0.25) is 4.79 Å². The van der Waals surface area contributed by atoms with Gasteiger partial charge in [0.1, 0.15) is 5.60 Å². The van der Waals surface area contributed by atoms with E-state index in [1.54, 1.807) is 9.80 Å². The molecule has 0 unspecified atom stereocenters. The molecule has 0 aromatic heterocycles. The van der Waals surface area contributed by atoms with E-state index in [0.717, 1.165) is 24.0 Å². The second kappa shape index (κ2) is 14.3. The summed E-state index contributed by atoms with van der Waals surface area (Å²) in [7, 11) is 0. The minimum Gasteiger partial charge on any atom is -0.462 e. The maximum absolute atomic E-state index is 13.0. The highest BCUT2D eigenvalue weighted by atomic mass is 35.5. The van der Waals surface area contributed by atoms with E-state index < -0.39 is 11.6 Å². The summed E-state index contributed by atoms with van der Waals surface area (Å²) in [6.07, 6.45) is 10.0. The van der Waals surface area contributed by atoms with Gasteiger partial charge in [0, 0.05) is 37.6 Å². The van der Waals surface area contributed by atoms with Crippen LogP contribution < -0.4 is 0 Å². The van der Waals surface area contributed by atoms with Gasteiger partial charge in [-0.15, -0.1) is 0 Å². The van der Waals surface area contributed by atoms with Crippen LogP contribution in [0.15, 0.2) is 35.5 Å². The van der Waals surface area contributed by atoms with Crippen LogP contribution in [-0.4, -0.2) is 78.5 Å². The first-order valence-corrected chi connectivity index (χ1v) is 14.1. The molecule has 0 bridgehead atoms. The summed E-state index contributed by atoms with van der Waals surface area (Å²) in [6, 6.07) is 1.87. The lowest BCUT2D eigenvalue weighted by Crippen LogP contribution is -2.52. The van der Waals surface area contributed by atoms with Gasteiger partial charge in [-0.25, -0.2) is 9.59 Å². The van der Waals surface area contributed by atoms with Crippen LogP contribution in [-0.2, 0) is 25.5 Å². The van der Waals surface area contributed by atoms with E-state index in [9.17, 15) is 14.4 Å². The number of benzene rings is 1. The number of oxime groups is 1. The minimum absolute atomic E-state index is 0.225. The number of allylic oxidation sites excluding steroid dienone is 3. The molecule has 2 aliphatic heterocycles. The summed E-state index contributed by atoms with van der Waals surface area (Å²) in [5.41, 5.74) is 2.63. The standard InChI is InChI=1S/C30H40ClN3O6/c1-21-18-22(2)27(31)24-19-23(12-10-8-6-7-9-11-17-38-28(36)26(21)24)32-39-20-25(35)33-13-15-34(16-14-33)29(37)40-30(3,4)5/h7,9-10,12,18H,6,8,11,13-17,19-20H2,1-5H3/b9-7+,12-10+,32-23+. The summed E-state index contributed by atoms with van der Waals surface area (Å²) < 4.78 is 10.9. The largest absolute Gasteiger partial charge is 0.462 e. The number of amides is 2. The van der Waals surface area contributed by atoms with Crippen molar-refractivity contribution in [3.63, 3.8) is 0 Å². The van der Waals surface area contributed by atoms with Crippen LogP contribution in [0.2, 0.25) is 5.02 Å². The third-order valence-corrected chi connectivity index (χ3v) is 6.98. The molecule has 0 aliphatic carbocycles. The molecule has 2 heterocycles. The highest BCUT2D eigenvalue weighted by molar-refractivity contribution is 6.33. The zero-order valence-electron chi connectivity index (χ0n) is 24.1. The highest BCUT2D eigenvalue weighted by Crippen LogP contribution is 2.29. The predicted molar refractivity (Wildman–Crippen MR) is 155 cm³/mol. The van der Waals surface area contributed by atoms with Crippen LogP contribution in [0.5, 0.6) is 0 Å². The number of cyclic esters (lactones) is 1. The fourth-order valence-corrected chi connectivity index (χ4v) is 4.68. The average molecular weight is 574 g/mol. The number of ether oxygens (including phenoxy) is 2. The van der Waals surface area contributed by atoms with Crippen LogP contribution in [0.4, 0.5) is 4.79 Å². The fourth-order valence-electron chi connectivity index (χ4n) is 4.46. The number of piperazine rings is 1. The van der Waals surface area contributed by atoms with Gasteiger partial charge in [0.15, 0.2) is 6.61 Å². The molecule has 40 heavy (non-hydrogen) atoms. The van der Waals surface area contributed by atoms with Crippen LogP contribution in [0.3, 0.4) is 0 Å². The summed E-state index contributed by atoms with van der Waals surface area (Å²) in [4.78, 5) is 46.8. The molecule has 1 aromatic carbocycles. The van der Waals surface area contributed by atoms with Crippen LogP contribution in [0, 0.1) is 13.8 Å². The van der Waals surface area contributed by atoms with Gasteiger partial charge in [0.25, 0.3) is 5.91 Å². The third-order valence-electron chi connectivity index (χ3n) is 6.45. The second-order valence-electron chi connectivity index (χ2n) is 10.9. The SMILES string of the molecule is Cc1cc(C)c2c(c1Cl)CC(=N/OCC(=O)N1CCN(C(=O)OC(C)(C)C)CC1)/C=C/CC/C=C/CCOC2=O. The Morgan fingerprint density at radius 1 is 1.00 bits per heavy atom. The van der Waals surface area contributed by atoms with Crippen molar-refractivity contribution < 1.29 is 28.7 Å². The zero-order chi connectivity index (χ0) is 29.3. The van der Waals surface area contributed by atoms with Crippen molar-refractivity contribution in [3.05, 3.63) is 57.6 Å². The number of nitrogens with zero attached hydrogens (tertiary/aromatic N) is 3. The van der Waals surface area contributed by atoms with Crippen molar-refractivity contribution in [3.8, 4) is 0 Å². The molecule has 0 spiro atoms. The number of aryl methyl sites for hydroxylation is 2. The Labute approximate surface area is 241 Å². The Balaban J connectivity index is 1.71. The molecule has 1 fully saturated rings. The van der Waals surface area contributed by atoms with E-state index in [0.29, 0.717) is 54.5 Å². The first-order chi connectivity index (χ1) is 19.0. The van der Waals surface area contributed by atoms with E-state index in [2.05, 4.69) is 11.2 Å². The number of hydrogen-bond donors (Lipinski definition) is 0. The molecule has 2 amide bonds. The second-order valence-corrected chi connectivity index (χ2v) is 11.3. The van der Waals surface area contributed by atoms with Crippen molar-refractivity contribution in [1.82, 2.24) is 9.80 Å². The molecule has 1 aromatic rings. The molecule has 218 valence electrons. The van der Waals surface area contributed by atoms with Gasteiger partial charge in [-0.1, -0.05) is 41.1 Å². The van der Waals surface area contributed by atoms with E-state index >= 15 is 0 Å². The Bertz CT molecular complexity index is 1180. The summed E-state index contributed by atoms with van der Waals surface area (Å²) >= 11 is 6.68. The average Bonchev–Trinajstić information content (AvgIpc) is 2.88. The molecule has 1 saturated heterocycles. The fraction of sp³-hybridized carbons (Fsp3) is 0.533. The number of carbonyl (C=O) groups is 3. The van der Waals surface area contributed by atoms with Gasteiger partial charge < -0.3 is 24.1 Å². The smallest absolute Gasteiger partial charge is 0.410 e. The lowest BCUT2D eigenvalue weighted by Gasteiger charge is -2.35. The number of rotatable bonds is 3. The normalized spacial score (nSPS) is 19.8. The summed E-state index contributed by atoms with van der Waals surface area (Å²) in [5.74, 6) is -0.651. The molecule has 9 nitrogen and oxygen atoms in total. The van der Waals surface area contributed by atoms with Crippen LogP contribution in [0.1, 0.15) is 67.1 Å². The summed E-state index contributed by atoms with van der Waals surface area (Å²) in [6.45, 7) is 10.8. The number of halogens is 1. The Morgan fingerprint density at radius 2 is 1.65 bits per heavy atom. The number of esters is 1. The van der Waals surface area contributed by atoms with E-state index in [1.165, 1.54) is 0 Å². The zero-order valence-corrected chi connectivity index (χ0v) is 24.9. The van der Waals surface area contributed by atoms with E-state index in [1.807, 2.05) is 58.9 Å². The first kappa shape index (κ1) is 31.2. The van der Waals surface area contributed by atoms with E-state index in [4.69, 9.17) is 25.9 Å². The molecule has 3 rings (SSSR count). The number of hydrogen-bond acceptors (Lipinski definition) is 7. The number of carbonyl (C=O) groups excluding carboxylic acids is 3. The molecule has 0 radical (unpaired) electrons. The molecule has 0 N–H and O–H groups in total. The molecular weight excluding hydrogens is 534 g/mol. The first-order valence-electron chi connectivity index (χ1n) is 13.7. The van der Waals surface area contributed by atoms with Crippen LogP contribution >= 0.6 is 11.6 Å². The highest BCUT2D eigenvalue weighted by Gasteiger charge is 2.28. The summed E-state index contributed by atoms with van der Waals surface area (Å²) in [5, 5.41) is 4.74. The van der Waals surface area contributed by atoms with Crippen molar-refractivity contribution in [2.45, 2.75) is 65.9 Å². The molecule has 2 aliphatic rings. The van der Waals surface area contributed by atoms with Gasteiger partial charge in [-0.2, -0.15) is 0 Å². The van der Waals surface area contributed by atoms with Crippen molar-refractivity contribution in [1.29, 1.82) is 0 Å². The van der Waals surface area contributed by atoms with Gasteiger partial charge >= 0.3 is 12.1 Å². The van der Waals surface area contributed by atoms with Gasteiger partial charge in [-0.05, 0) is 76.6 Å². The van der Waals surface area contributed by atoms with Crippen molar-refractivity contribution >= 4 is 35.3 Å². The Kier molecular flexibility index (Phi) is 11.2. The lowest BCUT2D eigenvalue weighted by atomic mass is 9.94. The van der Waals surface area contributed by atoms with Gasteiger partial charge in [0.2, 0.25) is 0 Å². The van der Waals surface area contributed by atoms with Crippen molar-refractivity contribution in [2.75, 3.05) is 39.4 Å². The van der Waals surface area contributed by atoms with Gasteiger partial charge in [0.05, 0.1) is 17.9 Å².